The predicted molar refractivity (Wildman–Crippen MR) is 124 cm³/mol. The maximum atomic E-state index is 15.3. The summed E-state index contributed by atoms with van der Waals surface area (Å²) in [6.45, 7) is 1.09. The van der Waals surface area contributed by atoms with Crippen LogP contribution in [0.5, 0.6) is 11.5 Å². The minimum absolute atomic E-state index is 0.207. The van der Waals surface area contributed by atoms with Gasteiger partial charge in [-0.15, -0.1) is 0 Å². The molecule has 42 heavy (non-hydrogen) atoms. The molecule has 12 nitrogen and oxygen atoms in total. The largest absolute Gasteiger partial charge is 0.575 e. The summed E-state index contributed by atoms with van der Waals surface area (Å²) in [5.74, 6) is -2.62. The fraction of sp³-hybridized carbons (Fsp3) is 0.500. The third-order valence-corrected chi connectivity index (χ3v) is 6.57. The van der Waals surface area contributed by atoms with Crippen LogP contribution in [0.15, 0.2) is 50.9 Å². The van der Waals surface area contributed by atoms with E-state index in [0.29, 0.717) is 4.57 Å². The third-order valence-electron chi connectivity index (χ3n) is 5.69. The number of aliphatic hydroxyl groups is 1. The van der Waals surface area contributed by atoms with E-state index < -0.39 is 80.6 Å². The van der Waals surface area contributed by atoms with Gasteiger partial charge in [-0.05, 0) is 26.0 Å². The zero-order chi connectivity index (χ0) is 31.6. The van der Waals surface area contributed by atoms with Crippen LogP contribution in [0, 0.1) is 0 Å². The Hall–Kier alpha value is -3.54. The van der Waals surface area contributed by atoms with E-state index in [1.165, 1.54) is 18.2 Å². The van der Waals surface area contributed by atoms with Gasteiger partial charge in [0.1, 0.15) is 18.8 Å². The van der Waals surface area contributed by atoms with E-state index in [1.807, 2.05) is 4.98 Å². The van der Waals surface area contributed by atoms with Gasteiger partial charge in [-0.1, -0.05) is 16.9 Å². The second-order valence-electron chi connectivity index (χ2n) is 8.92. The monoisotopic (exact) mass is 635 g/mol. The second-order valence-corrected chi connectivity index (χ2v) is 9.81. The van der Waals surface area contributed by atoms with Gasteiger partial charge >= 0.3 is 32.2 Å². The number of ether oxygens (including phenoxy) is 3. The Morgan fingerprint density at radius 2 is 1.79 bits per heavy atom. The van der Waals surface area contributed by atoms with Gasteiger partial charge in [-0.2, -0.15) is 26.3 Å². The second kappa shape index (κ2) is 12.4. The van der Waals surface area contributed by atoms with Crippen molar-refractivity contribution in [2.45, 2.75) is 62.5 Å². The van der Waals surface area contributed by atoms with Crippen LogP contribution >= 0.6 is 8.17 Å². The maximum absolute atomic E-state index is 15.3. The number of alkyl halides is 7. The van der Waals surface area contributed by atoms with Gasteiger partial charge in [0.05, 0.1) is 0 Å². The molecule has 2 aromatic rings. The number of hydrogen-bond acceptors (Lipinski definition) is 10. The van der Waals surface area contributed by atoms with E-state index in [9.17, 15) is 50.7 Å². The first-order chi connectivity index (χ1) is 19.3. The van der Waals surface area contributed by atoms with E-state index in [0.717, 1.165) is 32.2 Å². The molecule has 2 heterocycles. The number of halogens is 7. The summed E-state index contributed by atoms with van der Waals surface area (Å²) in [6.07, 6.45) is -20.3. The fourth-order valence-electron chi connectivity index (χ4n) is 3.61. The van der Waals surface area contributed by atoms with Crippen LogP contribution in [-0.2, 0) is 14.3 Å². The highest BCUT2D eigenvalue weighted by atomic mass is 31.1. The van der Waals surface area contributed by atoms with Gasteiger partial charge < -0.3 is 24.2 Å². The van der Waals surface area contributed by atoms with Crippen molar-refractivity contribution in [1.82, 2.24) is 9.55 Å². The Morgan fingerprint density at radius 1 is 1.19 bits per heavy atom. The lowest BCUT2D eigenvalue weighted by Crippen LogP contribution is -2.46. The molecule has 1 fully saturated rings. The minimum atomic E-state index is -5.96. The van der Waals surface area contributed by atoms with Crippen molar-refractivity contribution in [1.29, 1.82) is 0 Å². The molecule has 1 aromatic heterocycles. The number of benzene rings is 1. The lowest BCUT2D eigenvalue weighted by Gasteiger charge is -2.24. The lowest BCUT2D eigenvalue weighted by atomic mass is 9.98. The highest BCUT2D eigenvalue weighted by Gasteiger charge is 2.60. The molecular weight excluding hydrogens is 614 g/mol. The summed E-state index contributed by atoms with van der Waals surface area (Å²) < 4.78 is 114. The third kappa shape index (κ3) is 7.64. The Morgan fingerprint density at radius 3 is 2.36 bits per heavy atom. The van der Waals surface area contributed by atoms with Gasteiger partial charge in [0.15, 0.2) is 23.7 Å². The number of H-pyrrole nitrogens is 1. The first-order valence-electron chi connectivity index (χ1n) is 11.6. The molecule has 20 heteroatoms. The van der Waals surface area contributed by atoms with Crippen LogP contribution in [0.2, 0.25) is 0 Å². The van der Waals surface area contributed by atoms with Crippen LogP contribution in [0.1, 0.15) is 20.1 Å². The van der Waals surface area contributed by atoms with E-state index >= 15 is 4.39 Å². The van der Waals surface area contributed by atoms with Crippen molar-refractivity contribution >= 4 is 14.1 Å². The Bertz CT molecular complexity index is 1410. The average Bonchev–Trinajstić information content (AvgIpc) is 3.08. The van der Waals surface area contributed by atoms with E-state index in [4.69, 9.17) is 14.0 Å². The Kier molecular flexibility index (Phi) is 9.71. The van der Waals surface area contributed by atoms with Crippen molar-refractivity contribution in [3.8, 4) is 11.5 Å². The molecule has 1 unspecified atom stereocenters. The predicted octanol–water partition coefficient (Wildman–Crippen LogP) is 2.26. The molecule has 0 saturated carbocycles. The topological polar surface area (TPSA) is 164 Å². The minimum Gasteiger partial charge on any atom is -0.575 e. The molecule has 1 aromatic carbocycles. The summed E-state index contributed by atoms with van der Waals surface area (Å²) in [7, 11) is -3.29. The van der Waals surface area contributed by atoms with Gasteiger partial charge in [-0.25, -0.2) is 14.0 Å². The van der Waals surface area contributed by atoms with Crippen molar-refractivity contribution in [2.75, 3.05) is 6.61 Å². The standard InChI is InChI=1S/C22H21F7N3O9P/c1-10(16(35)40-17(21(24,25)26)22(27,28)29)31-42(37)41-12-6-4-3-5-11(12)38-9-13-15(34)20(2,23)18(39-13)32-8-7-14(33)30-19(32)36/h3-8,10,13,15,17-18,34H,9H2,1-2H3,(H,30,33,36)/t10-,13+,15+,18+,20+/m0/s1. The molecule has 0 spiro atoms. The van der Waals surface area contributed by atoms with Crippen molar-refractivity contribution < 1.29 is 64.3 Å². The Balaban J connectivity index is 1.69. The number of aromatic amines is 1. The molecule has 0 amide bonds. The van der Waals surface area contributed by atoms with Crippen molar-refractivity contribution in [2.24, 2.45) is 4.74 Å². The number of para-hydroxylation sites is 2. The Labute approximate surface area is 231 Å². The van der Waals surface area contributed by atoms with Crippen molar-refractivity contribution in [3.05, 3.63) is 57.4 Å². The lowest BCUT2D eigenvalue weighted by molar-refractivity contribution is -0.313. The molecule has 1 aliphatic rings. The zero-order valence-corrected chi connectivity index (χ0v) is 22.2. The van der Waals surface area contributed by atoms with Gasteiger partial charge in [0.25, 0.3) is 11.7 Å². The molecule has 0 radical (unpaired) electrons. The highest BCUT2D eigenvalue weighted by Crippen LogP contribution is 2.41. The molecule has 0 bridgehead atoms. The number of hydrogen-bond donors (Lipinski definition) is 2. The number of aliphatic hydroxyl groups excluding tert-OH is 1. The maximum Gasteiger partial charge on any atom is 0.434 e. The molecule has 232 valence electrons. The van der Waals surface area contributed by atoms with E-state index in [-0.39, 0.29) is 11.5 Å². The zero-order valence-electron chi connectivity index (χ0n) is 21.3. The quantitative estimate of drug-likeness (QED) is 0.239. The first kappa shape index (κ1) is 33.0. The van der Waals surface area contributed by atoms with E-state index in [2.05, 4.69) is 9.48 Å². The van der Waals surface area contributed by atoms with Crippen molar-refractivity contribution in [3.63, 3.8) is 0 Å². The first-order valence-corrected chi connectivity index (χ1v) is 12.7. The molecule has 2 N–H and O–H groups in total. The number of rotatable bonds is 9. The van der Waals surface area contributed by atoms with Crippen LogP contribution in [-0.4, -0.2) is 69.6 Å². The number of carbonyl (C=O) groups is 1. The summed E-state index contributed by atoms with van der Waals surface area (Å²) in [4.78, 5) is 49.4. The smallest absolute Gasteiger partial charge is 0.434 e. The number of nitrogens with one attached hydrogen (secondary N) is 1. The average molecular weight is 635 g/mol. The summed E-state index contributed by atoms with van der Waals surface area (Å²) in [5, 5.41) is 10.5. The van der Waals surface area contributed by atoms with Crippen LogP contribution in [0.4, 0.5) is 30.7 Å². The normalized spacial score (nSPS) is 24.0. The number of esters is 1. The van der Waals surface area contributed by atoms with Gasteiger partial charge in [0, 0.05) is 12.3 Å². The molecule has 0 aliphatic carbocycles. The molecule has 1 saturated heterocycles. The summed E-state index contributed by atoms with van der Waals surface area (Å²) >= 11 is 0. The molecule has 3 rings (SSSR count). The molecule has 6 atom stereocenters. The van der Waals surface area contributed by atoms with Crippen LogP contribution in [0.25, 0.3) is 0 Å². The van der Waals surface area contributed by atoms with Crippen LogP contribution < -0.4 is 25.4 Å². The van der Waals surface area contributed by atoms with Crippen LogP contribution in [0.3, 0.4) is 0 Å². The SMILES string of the molecule is C[C@H](/N=[P+](\[O-])Oc1ccccc1OC[C@H]1O[C@@H](n2ccc(=O)[nH]c2=O)[C@](C)(F)[C@@H]1O)C(=O)OC(C(F)(F)F)C(F)(F)F. The summed E-state index contributed by atoms with van der Waals surface area (Å²) in [5.41, 5.74) is -4.31. The molecular formula is C22H21F7N3O9P. The number of carbonyl (C=O) groups excluding carboxylic acids is 1. The number of nitrogens with zero attached hydrogens (tertiary/aromatic N) is 2. The fourth-order valence-corrected chi connectivity index (χ4v) is 4.35. The van der Waals surface area contributed by atoms with Gasteiger partial charge in [-0.3, -0.25) is 18.9 Å². The highest BCUT2D eigenvalue weighted by molar-refractivity contribution is 7.34. The number of aromatic nitrogens is 2. The molecule has 1 aliphatic heterocycles. The van der Waals surface area contributed by atoms with Gasteiger partial charge in [0.2, 0.25) is 5.75 Å². The summed E-state index contributed by atoms with van der Waals surface area (Å²) in [6, 6.07) is 4.01. The van der Waals surface area contributed by atoms with E-state index in [1.54, 1.807) is 0 Å².